The zero-order valence-corrected chi connectivity index (χ0v) is 14.5. The Kier molecular flexibility index (Phi) is 6.92. The fourth-order valence-electron chi connectivity index (χ4n) is 3.28. The van der Waals surface area contributed by atoms with E-state index in [0.29, 0.717) is 5.75 Å². The van der Waals surface area contributed by atoms with Crippen LogP contribution in [0.25, 0.3) is 0 Å². The second-order valence-electron chi connectivity index (χ2n) is 6.25. The molecule has 1 aromatic rings. The van der Waals surface area contributed by atoms with Gasteiger partial charge in [0, 0.05) is 37.8 Å². The molecule has 1 aliphatic heterocycles. The van der Waals surface area contributed by atoms with Gasteiger partial charge in [0.05, 0.1) is 12.7 Å². The van der Waals surface area contributed by atoms with Crippen molar-refractivity contribution in [3.05, 3.63) is 29.3 Å². The van der Waals surface area contributed by atoms with Crippen LogP contribution in [0.2, 0.25) is 0 Å². The van der Waals surface area contributed by atoms with Crippen LogP contribution in [-0.2, 0) is 6.18 Å². The number of ether oxygens (including phenoxy) is 1. The highest BCUT2D eigenvalue weighted by molar-refractivity contribution is 5.41. The van der Waals surface area contributed by atoms with Gasteiger partial charge in [0.15, 0.2) is 0 Å². The normalized spacial score (nSPS) is 17.7. The molecule has 24 heavy (non-hydrogen) atoms. The van der Waals surface area contributed by atoms with Crippen LogP contribution in [0.3, 0.4) is 0 Å². The zero-order chi connectivity index (χ0) is 17.6. The van der Waals surface area contributed by atoms with E-state index in [2.05, 4.69) is 17.1 Å². The highest BCUT2D eigenvalue weighted by Gasteiger charge is 2.32. The zero-order valence-electron chi connectivity index (χ0n) is 14.5. The van der Waals surface area contributed by atoms with Gasteiger partial charge in [-0.2, -0.15) is 13.2 Å². The van der Waals surface area contributed by atoms with Crippen molar-refractivity contribution in [3.63, 3.8) is 0 Å². The van der Waals surface area contributed by atoms with Crippen LogP contribution in [0.5, 0.6) is 5.75 Å². The highest BCUT2D eigenvalue weighted by Crippen LogP contribution is 2.38. The van der Waals surface area contributed by atoms with Crippen LogP contribution in [0.4, 0.5) is 13.2 Å². The van der Waals surface area contributed by atoms with Crippen molar-refractivity contribution in [2.45, 2.75) is 44.8 Å². The second kappa shape index (κ2) is 8.72. The third kappa shape index (κ3) is 4.86. The minimum Gasteiger partial charge on any atom is -0.496 e. The summed E-state index contributed by atoms with van der Waals surface area (Å²) >= 11 is 0. The van der Waals surface area contributed by atoms with Crippen molar-refractivity contribution in [2.75, 3.05) is 33.3 Å². The fraction of sp³-hybridized carbons (Fsp3) is 0.667. The van der Waals surface area contributed by atoms with Gasteiger partial charge < -0.3 is 10.1 Å². The number of rotatable bonds is 7. The minimum atomic E-state index is -4.35. The number of hydrogen-bond donors (Lipinski definition) is 1. The minimum absolute atomic E-state index is 0.107. The number of piperazine rings is 1. The lowest BCUT2D eigenvalue weighted by Crippen LogP contribution is -2.45. The van der Waals surface area contributed by atoms with Gasteiger partial charge in [-0.25, -0.2) is 0 Å². The molecule has 0 aliphatic carbocycles. The van der Waals surface area contributed by atoms with Crippen LogP contribution in [-0.4, -0.2) is 38.2 Å². The smallest absolute Gasteiger partial charge is 0.416 e. The maximum atomic E-state index is 13.0. The summed E-state index contributed by atoms with van der Waals surface area (Å²) in [5.74, 6) is 0.338. The quantitative estimate of drug-likeness (QED) is 0.749. The number of nitrogens with zero attached hydrogens (tertiary/aromatic N) is 1. The molecule has 1 aromatic carbocycles. The Morgan fingerprint density at radius 1 is 1.21 bits per heavy atom. The molecule has 1 heterocycles. The summed E-state index contributed by atoms with van der Waals surface area (Å²) in [7, 11) is 1.44. The number of hydrogen-bond acceptors (Lipinski definition) is 3. The molecule has 0 bridgehead atoms. The molecule has 0 spiro atoms. The summed E-state index contributed by atoms with van der Waals surface area (Å²) < 4.78 is 44.2. The average molecular weight is 344 g/mol. The largest absolute Gasteiger partial charge is 0.496 e. The van der Waals surface area contributed by atoms with Crippen LogP contribution in [0.1, 0.15) is 49.8 Å². The molecular formula is C18H27F3N2O. The second-order valence-corrected chi connectivity index (χ2v) is 6.25. The first-order valence-corrected chi connectivity index (χ1v) is 8.67. The Labute approximate surface area is 142 Å². The van der Waals surface area contributed by atoms with Gasteiger partial charge in [-0.1, -0.05) is 32.3 Å². The predicted molar refractivity (Wildman–Crippen MR) is 89.3 cm³/mol. The molecule has 3 nitrogen and oxygen atoms in total. The van der Waals surface area contributed by atoms with E-state index in [1.165, 1.54) is 13.2 Å². The van der Waals surface area contributed by atoms with Crippen molar-refractivity contribution >= 4 is 0 Å². The van der Waals surface area contributed by atoms with Gasteiger partial charge in [0.25, 0.3) is 0 Å². The van der Waals surface area contributed by atoms with Crippen molar-refractivity contribution in [3.8, 4) is 5.75 Å². The van der Waals surface area contributed by atoms with Crippen LogP contribution in [0, 0.1) is 0 Å². The molecule has 1 aliphatic rings. The van der Waals surface area contributed by atoms with E-state index in [1.54, 1.807) is 6.07 Å². The van der Waals surface area contributed by atoms with Gasteiger partial charge in [0.2, 0.25) is 0 Å². The van der Waals surface area contributed by atoms with Gasteiger partial charge in [-0.15, -0.1) is 0 Å². The van der Waals surface area contributed by atoms with Gasteiger partial charge in [-0.05, 0) is 18.6 Å². The summed E-state index contributed by atoms with van der Waals surface area (Å²) in [6.45, 7) is 5.78. The lowest BCUT2D eigenvalue weighted by molar-refractivity contribution is -0.137. The maximum absolute atomic E-state index is 13.0. The highest BCUT2D eigenvalue weighted by atomic mass is 19.4. The van der Waals surface area contributed by atoms with E-state index >= 15 is 0 Å². The molecule has 6 heteroatoms. The Bertz CT molecular complexity index is 513. The topological polar surface area (TPSA) is 24.5 Å². The van der Waals surface area contributed by atoms with Crippen LogP contribution >= 0.6 is 0 Å². The first-order chi connectivity index (χ1) is 11.5. The molecule has 1 atom stereocenters. The molecule has 2 rings (SSSR count). The predicted octanol–water partition coefficient (Wildman–Crippen LogP) is 4.24. The first-order valence-electron chi connectivity index (χ1n) is 8.67. The van der Waals surface area contributed by atoms with Crippen LogP contribution < -0.4 is 10.1 Å². The van der Waals surface area contributed by atoms with E-state index in [-0.39, 0.29) is 6.04 Å². The lowest BCUT2D eigenvalue weighted by Gasteiger charge is -2.36. The van der Waals surface area contributed by atoms with Crippen molar-refractivity contribution in [1.29, 1.82) is 0 Å². The molecular weight excluding hydrogens is 317 g/mol. The van der Waals surface area contributed by atoms with Gasteiger partial charge in [-0.3, -0.25) is 4.90 Å². The Morgan fingerprint density at radius 2 is 1.92 bits per heavy atom. The molecule has 0 aromatic heterocycles. The molecule has 0 saturated carbocycles. The third-order valence-electron chi connectivity index (χ3n) is 4.59. The molecule has 1 saturated heterocycles. The molecule has 0 radical (unpaired) electrons. The Hall–Kier alpha value is -1.27. The number of nitrogens with one attached hydrogen (secondary N) is 1. The summed E-state index contributed by atoms with van der Waals surface area (Å²) in [6.07, 6.45) is -0.0899. The first kappa shape index (κ1) is 19.1. The number of halogens is 3. The van der Waals surface area contributed by atoms with Gasteiger partial charge >= 0.3 is 6.18 Å². The summed E-state index contributed by atoms with van der Waals surface area (Å²) in [5.41, 5.74) is 0.208. The van der Waals surface area contributed by atoms with Crippen molar-refractivity contribution < 1.29 is 17.9 Å². The summed E-state index contributed by atoms with van der Waals surface area (Å²) in [4.78, 5) is 2.36. The van der Waals surface area contributed by atoms with E-state index in [1.807, 2.05) is 0 Å². The molecule has 1 N–H and O–H groups in total. The lowest BCUT2D eigenvalue weighted by atomic mass is 9.96. The molecule has 136 valence electrons. The average Bonchev–Trinajstić information content (AvgIpc) is 2.58. The number of alkyl halides is 3. The SMILES string of the molecule is CCCCC[C@@H](c1ccc(C(F)(F)F)cc1OC)N1CCNCC1. The fourth-order valence-corrected chi connectivity index (χ4v) is 3.28. The van der Waals surface area contributed by atoms with E-state index in [0.717, 1.165) is 63.5 Å². The Morgan fingerprint density at radius 3 is 2.50 bits per heavy atom. The third-order valence-corrected chi connectivity index (χ3v) is 4.59. The standard InChI is InChI=1S/C18H27F3N2O/c1-3-4-5-6-16(23-11-9-22-10-12-23)15-8-7-14(18(19,20)21)13-17(15)24-2/h7-8,13,16,22H,3-6,9-12H2,1-2H3/t16-/m0/s1. The van der Waals surface area contributed by atoms with E-state index in [4.69, 9.17) is 4.74 Å². The Balaban J connectivity index is 2.29. The number of methoxy groups -OCH3 is 1. The van der Waals surface area contributed by atoms with Crippen molar-refractivity contribution in [2.24, 2.45) is 0 Å². The van der Waals surface area contributed by atoms with E-state index < -0.39 is 11.7 Å². The number of unbranched alkanes of at least 4 members (excludes halogenated alkanes) is 2. The molecule has 0 unspecified atom stereocenters. The molecule has 1 fully saturated rings. The summed E-state index contributed by atoms with van der Waals surface area (Å²) in [5, 5.41) is 3.32. The number of benzene rings is 1. The van der Waals surface area contributed by atoms with Crippen LogP contribution in [0.15, 0.2) is 18.2 Å². The molecule has 0 amide bonds. The monoisotopic (exact) mass is 344 g/mol. The van der Waals surface area contributed by atoms with Gasteiger partial charge in [0.1, 0.15) is 5.75 Å². The summed E-state index contributed by atoms with van der Waals surface area (Å²) in [6, 6.07) is 4.01. The van der Waals surface area contributed by atoms with E-state index in [9.17, 15) is 13.2 Å². The van der Waals surface area contributed by atoms with Crippen molar-refractivity contribution in [1.82, 2.24) is 10.2 Å². The maximum Gasteiger partial charge on any atom is 0.416 e.